The molecule has 1 aromatic carbocycles. The van der Waals surface area contributed by atoms with Gasteiger partial charge in [-0.3, -0.25) is 9.78 Å². The fraction of sp³-hybridized carbons (Fsp3) is 0.286. The highest BCUT2D eigenvalue weighted by Crippen LogP contribution is 2.27. The molecule has 0 aliphatic rings. The van der Waals surface area contributed by atoms with E-state index >= 15 is 0 Å². The van der Waals surface area contributed by atoms with Crippen LogP contribution in [-0.2, 0) is 12.7 Å². The quantitative estimate of drug-likeness (QED) is 0.881. The number of hydrogen-bond acceptors (Lipinski definition) is 5. The van der Waals surface area contributed by atoms with Crippen LogP contribution in [0.3, 0.4) is 0 Å². The lowest BCUT2D eigenvalue weighted by molar-refractivity contribution is -0.141. The Balaban J connectivity index is 2.21. The second kappa shape index (κ2) is 6.59. The SMILES string of the molecule is COc1ccc(CNc2nc(C(F)(F)F)cc(=O)[nH]2)c(OC)c1. The van der Waals surface area contributed by atoms with Crippen molar-refractivity contribution in [3.63, 3.8) is 0 Å². The Hall–Kier alpha value is -2.71. The molecule has 124 valence electrons. The lowest BCUT2D eigenvalue weighted by Crippen LogP contribution is -2.18. The van der Waals surface area contributed by atoms with Crippen LogP contribution in [0.5, 0.6) is 11.5 Å². The minimum atomic E-state index is -4.69. The number of ether oxygens (including phenoxy) is 2. The lowest BCUT2D eigenvalue weighted by atomic mass is 10.2. The molecule has 0 atom stereocenters. The molecule has 0 aliphatic carbocycles. The van der Waals surface area contributed by atoms with Gasteiger partial charge in [-0.1, -0.05) is 0 Å². The van der Waals surface area contributed by atoms with E-state index in [0.717, 1.165) is 0 Å². The number of hydrogen-bond donors (Lipinski definition) is 2. The van der Waals surface area contributed by atoms with Crippen LogP contribution < -0.4 is 20.3 Å². The average molecular weight is 329 g/mol. The molecule has 23 heavy (non-hydrogen) atoms. The molecule has 0 spiro atoms. The molecular weight excluding hydrogens is 315 g/mol. The third-order valence-corrected chi connectivity index (χ3v) is 2.97. The molecule has 1 aromatic heterocycles. The Morgan fingerprint density at radius 3 is 2.57 bits per heavy atom. The van der Waals surface area contributed by atoms with E-state index in [1.165, 1.54) is 14.2 Å². The molecule has 0 unspecified atom stereocenters. The molecule has 9 heteroatoms. The molecule has 1 heterocycles. The number of halogens is 3. The Morgan fingerprint density at radius 2 is 1.96 bits per heavy atom. The number of benzene rings is 1. The first-order valence-electron chi connectivity index (χ1n) is 6.47. The summed E-state index contributed by atoms with van der Waals surface area (Å²) in [5.41, 5.74) is -1.49. The molecular formula is C14H14F3N3O3. The number of nitrogens with zero attached hydrogens (tertiary/aromatic N) is 1. The fourth-order valence-corrected chi connectivity index (χ4v) is 1.86. The van der Waals surface area contributed by atoms with E-state index in [2.05, 4.69) is 15.3 Å². The topological polar surface area (TPSA) is 76.2 Å². The van der Waals surface area contributed by atoms with Crippen molar-refractivity contribution in [1.29, 1.82) is 0 Å². The first-order valence-corrected chi connectivity index (χ1v) is 6.47. The monoisotopic (exact) mass is 329 g/mol. The van der Waals surface area contributed by atoms with Gasteiger partial charge in [0.1, 0.15) is 11.5 Å². The molecule has 0 bridgehead atoms. The highest BCUT2D eigenvalue weighted by molar-refractivity contribution is 5.42. The van der Waals surface area contributed by atoms with Gasteiger partial charge in [0, 0.05) is 24.2 Å². The number of anilines is 1. The third-order valence-electron chi connectivity index (χ3n) is 2.97. The molecule has 0 saturated heterocycles. The van der Waals surface area contributed by atoms with Crippen molar-refractivity contribution in [2.75, 3.05) is 19.5 Å². The van der Waals surface area contributed by atoms with Gasteiger partial charge in [-0.25, -0.2) is 4.98 Å². The van der Waals surface area contributed by atoms with E-state index in [1.54, 1.807) is 18.2 Å². The van der Waals surface area contributed by atoms with E-state index < -0.39 is 17.4 Å². The normalized spacial score (nSPS) is 11.2. The molecule has 2 rings (SSSR count). The number of nitrogens with one attached hydrogen (secondary N) is 2. The molecule has 0 amide bonds. The zero-order chi connectivity index (χ0) is 17.0. The van der Waals surface area contributed by atoms with Gasteiger partial charge in [-0.05, 0) is 12.1 Å². The zero-order valence-corrected chi connectivity index (χ0v) is 12.3. The molecule has 0 radical (unpaired) electrons. The largest absolute Gasteiger partial charge is 0.497 e. The predicted octanol–water partition coefficient (Wildman–Crippen LogP) is 2.42. The molecule has 2 aromatic rings. The lowest BCUT2D eigenvalue weighted by Gasteiger charge is -2.12. The molecule has 0 aliphatic heterocycles. The first kappa shape index (κ1) is 16.7. The number of H-pyrrole nitrogens is 1. The summed E-state index contributed by atoms with van der Waals surface area (Å²) in [6, 6.07) is 5.41. The third kappa shape index (κ3) is 4.15. The number of rotatable bonds is 5. The smallest absolute Gasteiger partial charge is 0.433 e. The van der Waals surface area contributed by atoms with Crippen molar-refractivity contribution in [1.82, 2.24) is 9.97 Å². The van der Waals surface area contributed by atoms with E-state index in [0.29, 0.717) is 23.1 Å². The summed E-state index contributed by atoms with van der Waals surface area (Å²) in [5.74, 6) is 0.796. The highest BCUT2D eigenvalue weighted by atomic mass is 19.4. The summed E-state index contributed by atoms with van der Waals surface area (Å²) in [5, 5.41) is 2.64. The molecule has 0 saturated carbocycles. The second-order valence-corrected chi connectivity index (χ2v) is 4.51. The first-order chi connectivity index (χ1) is 10.8. The van der Waals surface area contributed by atoms with Gasteiger partial charge in [-0.2, -0.15) is 13.2 Å². The summed E-state index contributed by atoms with van der Waals surface area (Å²) >= 11 is 0. The van der Waals surface area contributed by atoms with E-state index in [1.807, 2.05) is 0 Å². The van der Waals surface area contributed by atoms with Crippen LogP contribution in [0.4, 0.5) is 19.1 Å². The maximum absolute atomic E-state index is 12.6. The number of aromatic nitrogens is 2. The van der Waals surface area contributed by atoms with Crippen molar-refractivity contribution < 1.29 is 22.6 Å². The van der Waals surface area contributed by atoms with Gasteiger partial charge in [0.05, 0.1) is 14.2 Å². The second-order valence-electron chi connectivity index (χ2n) is 4.51. The summed E-state index contributed by atoms with van der Waals surface area (Å²) in [6.45, 7) is 0.109. The summed E-state index contributed by atoms with van der Waals surface area (Å²) < 4.78 is 48.2. The number of aromatic amines is 1. The minimum Gasteiger partial charge on any atom is -0.497 e. The summed E-state index contributed by atoms with van der Waals surface area (Å²) in [6.07, 6.45) is -4.69. The standard InChI is InChI=1S/C14H14F3N3O3/c1-22-9-4-3-8(10(5-9)23-2)7-18-13-19-11(14(15,16)17)6-12(21)20-13/h3-6H,7H2,1-2H3,(H2,18,19,20,21). The van der Waals surface area contributed by atoms with Gasteiger partial charge in [0.2, 0.25) is 5.95 Å². The fourth-order valence-electron chi connectivity index (χ4n) is 1.86. The molecule has 2 N–H and O–H groups in total. The van der Waals surface area contributed by atoms with Gasteiger partial charge >= 0.3 is 6.18 Å². The Bertz CT molecular complexity index is 744. The Kier molecular flexibility index (Phi) is 4.77. The van der Waals surface area contributed by atoms with Crippen LogP contribution in [0.2, 0.25) is 0 Å². The Morgan fingerprint density at radius 1 is 1.22 bits per heavy atom. The van der Waals surface area contributed by atoms with Crippen molar-refractivity contribution in [2.24, 2.45) is 0 Å². The zero-order valence-electron chi connectivity index (χ0n) is 12.3. The van der Waals surface area contributed by atoms with E-state index in [4.69, 9.17) is 9.47 Å². The number of alkyl halides is 3. The predicted molar refractivity (Wildman–Crippen MR) is 76.7 cm³/mol. The van der Waals surface area contributed by atoms with Gasteiger partial charge < -0.3 is 14.8 Å². The van der Waals surface area contributed by atoms with Crippen LogP contribution in [0.15, 0.2) is 29.1 Å². The van der Waals surface area contributed by atoms with E-state index in [-0.39, 0.29) is 12.5 Å². The van der Waals surface area contributed by atoms with Crippen LogP contribution in [0.25, 0.3) is 0 Å². The van der Waals surface area contributed by atoms with Gasteiger partial charge in [-0.15, -0.1) is 0 Å². The average Bonchev–Trinajstić information content (AvgIpc) is 2.51. The van der Waals surface area contributed by atoms with Crippen LogP contribution >= 0.6 is 0 Å². The Labute approximate surface area is 129 Å². The number of methoxy groups -OCH3 is 2. The van der Waals surface area contributed by atoms with Crippen LogP contribution in [0.1, 0.15) is 11.3 Å². The van der Waals surface area contributed by atoms with Crippen molar-refractivity contribution in [3.8, 4) is 11.5 Å². The van der Waals surface area contributed by atoms with Gasteiger partial charge in [0.25, 0.3) is 5.56 Å². The highest BCUT2D eigenvalue weighted by Gasteiger charge is 2.33. The maximum atomic E-state index is 12.6. The molecule has 6 nitrogen and oxygen atoms in total. The molecule has 0 fully saturated rings. The summed E-state index contributed by atoms with van der Waals surface area (Å²) in [7, 11) is 2.96. The maximum Gasteiger partial charge on any atom is 0.433 e. The van der Waals surface area contributed by atoms with E-state index in [9.17, 15) is 18.0 Å². The van der Waals surface area contributed by atoms with Crippen molar-refractivity contribution in [2.45, 2.75) is 12.7 Å². The summed E-state index contributed by atoms with van der Waals surface area (Å²) in [4.78, 5) is 16.9. The minimum absolute atomic E-state index is 0.109. The van der Waals surface area contributed by atoms with Crippen molar-refractivity contribution >= 4 is 5.95 Å². The van der Waals surface area contributed by atoms with Crippen LogP contribution in [0, 0.1) is 0 Å². The van der Waals surface area contributed by atoms with Gasteiger partial charge in [0.15, 0.2) is 5.69 Å². The van der Waals surface area contributed by atoms with Crippen LogP contribution in [-0.4, -0.2) is 24.2 Å². The van der Waals surface area contributed by atoms with Crippen molar-refractivity contribution in [3.05, 3.63) is 45.9 Å².